The molecule has 2 aliphatic rings. The molecule has 3 heterocycles. The first-order valence-electron chi connectivity index (χ1n) is 5.89. The van der Waals surface area contributed by atoms with E-state index >= 15 is 0 Å². The van der Waals surface area contributed by atoms with Crippen molar-refractivity contribution in [3.05, 3.63) is 22.8 Å². The van der Waals surface area contributed by atoms with Crippen LogP contribution >= 0.6 is 0 Å². The summed E-state index contributed by atoms with van der Waals surface area (Å²) in [4.78, 5) is 11.5. The highest BCUT2D eigenvalue weighted by atomic mass is 16.5. The van der Waals surface area contributed by atoms with E-state index in [1.165, 1.54) is 11.3 Å². The molecule has 0 bridgehead atoms. The maximum atomic E-state index is 5.53. The Bertz CT molecular complexity index is 419. The van der Waals surface area contributed by atoms with Crippen LogP contribution < -0.4 is 0 Å². The van der Waals surface area contributed by atoms with E-state index < -0.39 is 0 Å². The normalized spacial score (nSPS) is 25.0. The van der Waals surface area contributed by atoms with Crippen molar-refractivity contribution < 1.29 is 4.74 Å². The molecule has 4 heteroatoms. The Labute approximate surface area is 95.7 Å². The molecule has 1 aromatic heterocycles. The van der Waals surface area contributed by atoms with Gasteiger partial charge >= 0.3 is 0 Å². The summed E-state index contributed by atoms with van der Waals surface area (Å²) in [6, 6.07) is 0.523. The van der Waals surface area contributed by atoms with Crippen molar-refractivity contribution in [2.24, 2.45) is 0 Å². The van der Waals surface area contributed by atoms with Crippen LogP contribution in [0, 0.1) is 13.8 Å². The summed E-state index contributed by atoms with van der Waals surface area (Å²) in [6.45, 7) is 7.80. The number of rotatable bonds is 0. The summed E-state index contributed by atoms with van der Waals surface area (Å²) >= 11 is 0. The van der Waals surface area contributed by atoms with Crippen LogP contribution in [0.15, 0.2) is 0 Å². The lowest BCUT2D eigenvalue weighted by molar-refractivity contribution is -0.0172. The van der Waals surface area contributed by atoms with Gasteiger partial charge < -0.3 is 4.74 Å². The molecule has 0 radical (unpaired) electrons. The molecule has 1 atom stereocenters. The van der Waals surface area contributed by atoms with Gasteiger partial charge in [-0.05, 0) is 13.8 Å². The predicted molar refractivity (Wildman–Crippen MR) is 60.2 cm³/mol. The summed E-state index contributed by atoms with van der Waals surface area (Å²) in [5, 5.41) is 0. The maximum Gasteiger partial charge on any atom is 0.125 e. The number of nitrogens with zero attached hydrogens (tertiary/aromatic N) is 3. The Morgan fingerprint density at radius 3 is 3.06 bits per heavy atom. The van der Waals surface area contributed by atoms with E-state index in [0.29, 0.717) is 6.04 Å². The van der Waals surface area contributed by atoms with E-state index in [2.05, 4.69) is 21.8 Å². The zero-order valence-corrected chi connectivity index (χ0v) is 9.86. The van der Waals surface area contributed by atoms with E-state index in [0.717, 1.165) is 44.2 Å². The molecule has 0 saturated carbocycles. The van der Waals surface area contributed by atoms with Gasteiger partial charge in [-0.3, -0.25) is 4.90 Å². The molecule has 0 N–H and O–H groups in total. The Hall–Kier alpha value is -1.00. The SMILES string of the molecule is Cc1nc(C)c2c(n1)CC1COCCN1C2. The third-order valence-electron chi connectivity index (χ3n) is 3.55. The minimum atomic E-state index is 0.523. The van der Waals surface area contributed by atoms with Crippen molar-refractivity contribution in [1.82, 2.24) is 14.9 Å². The van der Waals surface area contributed by atoms with Gasteiger partial charge in [-0.15, -0.1) is 0 Å². The molecular weight excluding hydrogens is 202 g/mol. The minimum absolute atomic E-state index is 0.523. The van der Waals surface area contributed by atoms with Crippen molar-refractivity contribution in [2.75, 3.05) is 19.8 Å². The number of hydrogen-bond acceptors (Lipinski definition) is 4. The van der Waals surface area contributed by atoms with Gasteiger partial charge in [-0.25, -0.2) is 9.97 Å². The van der Waals surface area contributed by atoms with Crippen molar-refractivity contribution in [1.29, 1.82) is 0 Å². The highest BCUT2D eigenvalue weighted by Gasteiger charge is 2.30. The second-order valence-electron chi connectivity index (χ2n) is 4.68. The third-order valence-corrected chi connectivity index (χ3v) is 3.55. The topological polar surface area (TPSA) is 38.3 Å². The van der Waals surface area contributed by atoms with Crippen LogP contribution in [0.25, 0.3) is 0 Å². The van der Waals surface area contributed by atoms with Crippen LogP contribution in [0.5, 0.6) is 0 Å². The van der Waals surface area contributed by atoms with Crippen LogP contribution in [0.3, 0.4) is 0 Å². The Morgan fingerprint density at radius 2 is 2.19 bits per heavy atom. The lowest BCUT2D eigenvalue weighted by Crippen LogP contribution is -2.49. The first-order chi connectivity index (χ1) is 7.74. The number of aryl methyl sites for hydroxylation is 2. The van der Waals surface area contributed by atoms with E-state index in [4.69, 9.17) is 4.74 Å². The molecule has 86 valence electrons. The van der Waals surface area contributed by atoms with Crippen molar-refractivity contribution in [3.63, 3.8) is 0 Å². The Kier molecular flexibility index (Phi) is 2.41. The van der Waals surface area contributed by atoms with Gasteiger partial charge in [0.25, 0.3) is 0 Å². The standard InChI is InChI=1S/C12H17N3O/c1-8-11-6-15-3-4-16-7-10(15)5-12(11)14-9(2)13-8/h10H,3-7H2,1-2H3. The fourth-order valence-electron chi connectivity index (χ4n) is 2.69. The summed E-state index contributed by atoms with van der Waals surface area (Å²) in [5.74, 6) is 0.890. The second kappa shape index (κ2) is 3.79. The molecule has 1 saturated heterocycles. The molecule has 1 unspecified atom stereocenters. The maximum absolute atomic E-state index is 5.53. The first kappa shape index (κ1) is 10.2. The van der Waals surface area contributed by atoms with Gasteiger partial charge in [-0.2, -0.15) is 0 Å². The summed E-state index contributed by atoms with van der Waals surface area (Å²) in [6.07, 6.45) is 1.01. The lowest BCUT2D eigenvalue weighted by Gasteiger charge is -2.39. The van der Waals surface area contributed by atoms with Gasteiger partial charge in [-0.1, -0.05) is 0 Å². The smallest absolute Gasteiger partial charge is 0.125 e. The quantitative estimate of drug-likeness (QED) is 0.648. The van der Waals surface area contributed by atoms with Crippen molar-refractivity contribution >= 4 is 0 Å². The minimum Gasteiger partial charge on any atom is -0.378 e. The number of hydrogen-bond donors (Lipinski definition) is 0. The van der Waals surface area contributed by atoms with Crippen LogP contribution in [-0.4, -0.2) is 40.7 Å². The average molecular weight is 219 g/mol. The van der Waals surface area contributed by atoms with Crippen LogP contribution in [0.4, 0.5) is 0 Å². The molecule has 0 aliphatic carbocycles. The van der Waals surface area contributed by atoms with Crippen molar-refractivity contribution in [3.8, 4) is 0 Å². The molecule has 1 aromatic rings. The third kappa shape index (κ3) is 1.62. The number of aromatic nitrogens is 2. The van der Waals surface area contributed by atoms with Gasteiger partial charge in [0.15, 0.2) is 0 Å². The van der Waals surface area contributed by atoms with E-state index in [9.17, 15) is 0 Å². The fraction of sp³-hybridized carbons (Fsp3) is 0.667. The van der Waals surface area contributed by atoms with Gasteiger partial charge in [0, 0.05) is 36.8 Å². The molecule has 4 nitrogen and oxygen atoms in total. The van der Waals surface area contributed by atoms with Crippen LogP contribution in [0.1, 0.15) is 22.8 Å². The zero-order chi connectivity index (χ0) is 11.1. The molecule has 2 aliphatic heterocycles. The van der Waals surface area contributed by atoms with Gasteiger partial charge in [0.05, 0.1) is 18.9 Å². The molecule has 0 spiro atoms. The monoisotopic (exact) mass is 219 g/mol. The van der Waals surface area contributed by atoms with E-state index in [1.54, 1.807) is 0 Å². The molecule has 1 fully saturated rings. The highest BCUT2D eigenvalue weighted by Crippen LogP contribution is 2.25. The first-order valence-corrected chi connectivity index (χ1v) is 5.89. The molecular formula is C12H17N3O. The Morgan fingerprint density at radius 1 is 1.31 bits per heavy atom. The summed E-state index contributed by atoms with van der Waals surface area (Å²) < 4.78 is 5.53. The predicted octanol–water partition coefficient (Wildman–Crippen LogP) is 0.850. The number of ether oxygens (including phenoxy) is 1. The largest absolute Gasteiger partial charge is 0.378 e. The van der Waals surface area contributed by atoms with Crippen molar-refractivity contribution in [2.45, 2.75) is 32.9 Å². The molecule has 16 heavy (non-hydrogen) atoms. The zero-order valence-electron chi connectivity index (χ0n) is 9.86. The van der Waals surface area contributed by atoms with Gasteiger partial charge in [0.2, 0.25) is 0 Å². The summed E-state index contributed by atoms with van der Waals surface area (Å²) in [5.41, 5.74) is 3.72. The van der Waals surface area contributed by atoms with E-state index in [1.807, 2.05) is 6.92 Å². The number of fused-ring (bicyclic) bond motifs is 2. The highest BCUT2D eigenvalue weighted by molar-refractivity contribution is 5.28. The van der Waals surface area contributed by atoms with E-state index in [-0.39, 0.29) is 0 Å². The molecule has 0 amide bonds. The second-order valence-corrected chi connectivity index (χ2v) is 4.68. The van der Waals surface area contributed by atoms with Crippen LogP contribution in [-0.2, 0) is 17.7 Å². The van der Waals surface area contributed by atoms with Crippen LogP contribution in [0.2, 0.25) is 0 Å². The Balaban J connectivity index is 1.98. The fourth-order valence-corrected chi connectivity index (χ4v) is 2.69. The van der Waals surface area contributed by atoms with Gasteiger partial charge in [0.1, 0.15) is 5.82 Å². The summed E-state index contributed by atoms with van der Waals surface area (Å²) in [7, 11) is 0. The lowest BCUT2D eigenvalue weighted by atomic mass is 9.97. The molecule has 3 rings (SSSR count). The number of morpholine rings is 1. The molecule has 0 aromatic carbocycles. The average Bonchev–Trinajstić information content (AvgIpc) is 2.27.